The topological polar surface area (TPSA) is 80.0 Å². The van der Waals surface area contributed by atoms with Gasteiger partial charge in [-0.05, 0) is 24.7 Å². The van der Waals surface area contributed by atoms with Gasteiger partial charge in [0.25, 0.3) is 0 Å². The van der Waals surface area contributed by atoms with Crippen LogP contribution < -0.4 is 10.6 Å². The van der Waals surface area contributed by atoms with Crippen molar-refractivity contribution in [2.45, 2.75) is 53.5 Å². The van der Waals surface area contributed by atoms with E-state index in [2.05, 4.69) is 48.5 Å². The molecule has 1 rings (SSSR count). The second-order valence-electron chi connectivity index (χ2n) is 5.92. The Balaban J connectivity index is 2.54. The number of urea groups is 1. The lowest BCUT2D eigenvalue weighted by molar-refractivity contribution is 0.230. The second-order valence-corrected chi connectivity index (χ2v) is 5.92. The van der Waals surface area contributed by atoms with Crippen LogP contribution in [0.5, 0.6) is 0 Å². The second kappa shape index (κ2) is 7.87. The van der Waals surface area contributed by atoms with Crippen molar-refractivity contribution < 1.29 is 9.21 Å². The average molecular weight is 282 g/mol. The lowest BCUT2D eigenvalue weighted by Crippen LogP contribution is -2.39. The zero-order chi connectivity index (χ0) is 15.1. The van der Waals surface area contributed by atoms with Gasteiger partial charge in [-0.2, -0.15) is 0 Å². The van der Waals surface area contributed by atoms with Crippen molar-refractivity contribution in [3.63, 3.8) is 0 Å². The SMILES string of the molecule is Cc1nnc(C(CC(C)C)NC(=O)NCCC(C)C)o1. The Hall–Kier alpha value is -1.59. The number of nitrogens with zero attached hydrogens (tertiary/aromatic N) is 2. The lowest BCUT2D eigenvalue weighted by atomic mass is 10.0. The molecule has 6 nitrogen and oxygen atoms in total. The fraction of sp³-hybridized carbons (Fsp3) is 0.786. The summed E-state index contributed by atoms with van der Waals surface area (Å²) in [5.41, 5.74) is 0. The van der Waals surface area contributed by atoms with E-state index in [9.17, 15) is 4.79 Å². The van der Waals surface area contributed by atoms with Crippen molar-refractivity contribution in [3.8, 4) is 0 Å². The van der Waals surface area contributed by atoms with Crippen molar-refractivity contribution in [1.82, 2.24) is 20.8 Å². The molecule has 2 N–H and O–H groups in total. The zero-order valence-electron chi connectivity index (χ0n) is 13.1. The van der Waals surface area contributed by atoms with Gasteiger partial charge in [-0.1, -0.05) is 27.7 Å². The van der Waals surface area contributed by atoms with Crippen LogP contribution >= 0.6 is 0 Å². The van der Waals surface area contributed by atoms with E-state index < -0.39 is 0 Å². The molecule has 1 heterocycles. The van der Waals surface area contributed by atoms with Crippen LogP contribution in [0.1, 0.15) is 58.4 Å². The van der Waals surface area contributed by atoms with E-state index in [1.54, 1.807) is 6.92 Å². The minimum atomic E-state index is -0.241. The molecule has 6 heteroatoms. The molecule has 0 spiro atoms. The van der Waals surface area contributed by atoms with Crippen LogP contribution in [0.4, 0.5) is 4.79 Å². The molecule has 0 aromatic carbocycles. The third kappa shape index (κ3) is 6.04. The Bertz CT molecular complexity index is 415. The Morgan fingerprint density at radius 1 is 1.20 bits per heavy atom. The van der Waals surface area contributed by atoms with Crippen molar-refractivity contribution in [2.75, 3.05) is 6.54 Å². The molecule has 1 unspecified atom stereocenters. The highest BCUT2D eigenvalue weighted by Gasteiger charge is 2.21. The normalized spacial score (nSPS) is 12.8. The molecule has 1 aromatic rings. The maximum Gasteiger partial charge on any atom is 0.315 e. The van der Waals surface area contributed by atoms with Gasteiger partial charge in [-0.15, -0.1) is 10.2 Å². The van der Waals surface area contributed by atoms with Crippen LogP contribution in [0, 0.1) is 18.8 Å². The third-order valence-electron chi connectivity index (χ3n) is 2.86. The molecule has 114 valence electrons. The molecular formula is C14H26N4O2. The molecule has 2 amide bonds. The summed E-state index contributed by atoms with van der Waals surface area (Å²) in [4.78, 5) is 11.9. The number of aryl methyl sites for hydroxylation is 1. The molecule has 0 aliphatic rings. The van der Waals surface area contributed by atoms with Crippen molar-refractivity contribution in [2.24, 2.45) is 11.8 Å². The van der Waals surface area contributed by atoms with Gasteiger partial charge in [0.2, 0.25) is 11.8 Å². The predicted molar refractivity (Wildman–Crippen MR) is 77.2 cm³/mol. The molecule has 0 saturated heterocycles. The molecule has 0 fully saturated rings. The molecule has 0 bridgehead atoms. The molecule has 1 aromatic heterocycles. The molecule has 0 radical (unpaired) electrons. The minimum Gasteiger partial charge on any atom is -0.423 e. The Labute approximate surface area is 120 Å². The Morgan fingerprint density at radius 3 is 2.40 bits per heavy atom. The highest BCUT2D eigenvalue weighted by atomic mass is 16.4. The highest BCUT2D eigenvalue weighted by molar-refractivity contribution is 5.74. The number of amides is 2. The fourth-order valence-electron chi connectivity index (χ4n) is 1.83. The smallest absolute Gasteiger partial charge is 0.315 e. The van der Waals surface area contributed by atoms with Crippen LogP contribution in [0.25, 0.3) is 0 Å². The molecule has 0 aliphatic carbocycles. The van der Waals surface area contributed by atoms with Crippen LogP contribution in [-0.2, 0) is 0 Å². The van der Waals surface area contributed by atoms with Crippen LogP contribution in [0.3, 0.4) is 0 Å². The summed E-state index contributed by atoms with van der Waals surface area (Å²) in [5, 5.41) is 13.6. The number of aromatic nitrogens is 2. The number of nitrogens with one attached hydrogen (secondary N) is 2. The monoisotopic (exact) mass is 282 g/mol. The quantitative estimate of drug-likeness (QED) is 0.806. The first-order valence-electron chi connectivity index (χ1n) is 7.22. The van der Waals surface area contributed by atoms with Crippen molar-refractivity contribution in [3.05, 3.63) is 11.8 Å². The third-order valence-corrected chi connectivity index (χ3v) is 2.86. The van der Waals surface area contributed by atoms with Gasteiger partial charge >= 0.3 is 6.03 Å². The number of hydrogen-bond donors (Lipinski definition) is 2. The Kier molecular flexibility index (Phi) is 6.48. The van der Waals surface area contributed by atoms with Crippen LogP contribution in [-0.4, -0.2) is 22.8 Å². The van der Waals surface area contributed by atoms with E-state index in [4.69, 9.17) is 4.42 Å². The van der Waals surface area contributed by atoms with E-state index in [0.717, 1.165) is 12.8 Å². The molecule has 0 saturated carbocycles. The van der Waals surface area contributed by atoms with E-state index in [1.165, 1.54) is 0 Å². The fourth-order valence-corrected chi connectivity index (χ4v) is 1.83. The molecule has 1 atom stereocenters. The summed E-state index contributed by atoms with van der Waals surface area (Å²) in [6.07, 6.45) is 1.72. The lowest BCUT2D eigenvalue weighted by Gasteiger charge is -2.17. The summed E-state index contributed by atoms with van der Waals surface area (Å²) in [7, 11) is 0. The van der Waals surface area contributed by atoms with E-state index >= 15 is 0 Å². The van der Waals surface area contributed by atoms with E-state index in [-0.39, 0.29) is 12.1 Å². The van der Waals surface area contributed by atoms with Crippen molar-refractivity contribution in [1.29, 1.82) is 0 Å². The summed E-state index contributed by atoms with van der Waals surface area (Å²) < 4.78 is 5.43. The van der Waals surface area contributed by atoms with E-state index in [0.29, 0.717) is 30.2 Å². The van der Waals surface area contributed by atoms with Gasteiger partial charge < -0.3 is 15.1 Å². The molecular weight excluding hydrogens is 256 g/mol. The Morgan fingerprint density at radius 2 is 1.90 bits per heavy atom. The van der Waals surface area contributed by atoms with Crippen LogP contribution in [0.15, 0.2) is 4.42 Å². The largest absolute Gasteiger partial charge is 0.423 e. The first-order chi connectivity index (χ1) is 9.38. The van der Waals surface area contributed by atoms with E-state index in [1.807, 2.05) is 0 Å². The minimum absolute atomic E-state index is 0.188. The summed E-state index contributed by atoms with van der Waals surface area (Å²) in [5.74, 6) is 1.97. The van der Waals surface area contributed by atoms with Gasteiger partial charge in [-0.3, -0.25) is 0 Å². The first-order valence-corrected chi connectivity index (χ1v) is 7.22. The average Bonchev–Trinajstić information content (AvgIpc) is 2.74. The standard InChI is InChI=1S/C14H26N4O2/c1-9(2)6-7-15-14(19)16-12(8-10(3)4)13-18-17-11(5)20-13/h9-10,12H,6-8H2,1-5H3,(H2,15,16,19). The number of carbonyl (C=O) groups excluding carboxylic acids is 1. The van der Waals surface area contributed by atoms with Gasteiger partial charge in [0.15, 0.2) is 0 Å². The molecule has 20 heavy (non-hydrogen) atoms. The molecule has 0 aliphatic heterocycles. The number of hydrogen-bond acceptors (Lipinski definition) is 4. The summed E-state index contributed by atoms with van der Waals surface area (Å²) >= 11 is 0. The van der Waals surface area contributed by atoms with Gasteiger partial charge in [0.1, 0.15) is 6.04 Å². The predicted octanol–water partition coefficient (Wildman–Crippen LogP) is 2.81. The highest BCUT2D eigenvalue weighted by Crippen LogP contribution is 2.19. The first kappa shape index (κ1) is 16.5. The summed E-state index contributed by atoms with van der Waals surface area (Å²) in [6, 6.07) is -0.428. The number of rotatable bonds is 7. The van der Waals surface area contributed by atoms with Gasteiger partial charge in [-0.25, -0.2) is 4.79 Å². The maximum absolute atomic E-state index is 11.9. The van der Waals surface area contributed by atoms with Gasteiger partial charge in [0.05, 0.1) is 0 Å². The summed E-state index contributed by atoms with van der Waals surface area (Å²) in [6.45, 7) is 10.8. The number of carbonyl (C=O) groups is 1. The van der Waals surface area contributed by atoms with Crippen molar-refractivity contribution >= 4 is 6.03 Å². The van der Waals surface area contributed by atoms with Crippen LogP contribution in [0.2, 0.25) is 0 Å². The van der Waals surface area contributed by atoms with Gasteiger partial charge in [0, 0.05) is 13.5 Å². The zero-order valence-corrected chi connectivity index (χ0v) is 13.1. The maximum atomic E-state index is 11.9.